The van der Waals surface area contributed by atoms with Crippen LogP contribution in [-0.4, -0.2) is 38.5 Å². The first-order chi connectivity index (χ1) is 10.5. The molecule has 22 heavy (non-hydrogen) atoms. The Bertz CT molecular complexity index is 632. The molecule has 1 unspecified atom stereocenters. The highest BCUT2D eigenvalue weighted by molar-refractivity contribution is 7.92. The number of hydrogen-bond donors (Lipinski definition) is 0. The lowest BCUT2D eigenvalue weighted by Gasteiger charge is -2.14. The number of ether oxygens (including phenoxy) is 1. The Morgan fingerprint density at radius 1 is 1.23 bits per heavy atom. The van der Waals surface area contributed by atoms with E-state index in [1.54, 1.807) is 6.08 Å². The summed E-state index contributed by atoms with van der Waals surface area (Å²) in [5.74, 6) is 0.715. The first-order valence-electron chi connectivity index (χ1n) is 7.89. The van der Waals surface area contributed by atoms with Gasteiger partial charge in [-0.2, -0.15) is 4.31 Å². The molecule has 0 bridgehead atoms. The van der Waals surface area contributed by atoms with Gasteiger partial charge in [-0.05, 0) is 43.7 Å². The third-order valence-corrected chi connectivity index (χ3v) is 5.77. The summed E-state index contributed by atoms with van der Waals surface area (Å²) in [5, 5.41) is 1.31. The van der Waals surface area contributed by atoms with Gasteiger partial charge < -0.3 is 4.74 Å². The van der Waals surface area contributed by atoms with E-state index in [0.717, 1.165) is 24.2 Å². The second-order valence-corrected chi connectivity index (χ2v) is 8.12. The number of rotatable bonds is 6. The lowest BCUT2D eigenvalue weighted by molar-refractivity contribution is 0.0561. The third-order valence-electron chi connectivity index (χ3n) is 4.24. The van der Waals surface area contributed by atoms with E-state index in [2.05, 4.69) is 0 Å². The molecule has 2 aliphatic rings. The van der Waals surface area contributed by atoms with Crippen LogP contribution in [0.1, 0.15) is 30.4 Å². The minimum absolute atomic E-state index is 0.0585. The summed E-state index contributed by atoms with van der Waals surface area (Å²) < 4.78 is 32.0. The molecular weight excluding hydrogens is 298 g/mol. The second-order valence-electron chi connectivity index (χ2n) is 6.30. The largest absolute Gasteiger partial charge is 0.377 e. The first kappa shape index (κ1) is 15.7. The molecule has 1 aliphatic carbocycles. The standard InChI is InChI=1S/C17H23NO3S/c1-14-2-4-15(5-3-14)9-11-22(19,20)18-10-8-17(12-18)21-13-16-6-7-16/h2-5,9,11,16-17H,6-8,10,12-13H2,1H3/b11-9+. The van der Waals surface area contributed by atoms with Crippen LogP contribution < -0.4 is 0 Å². The summed E-state index contributed by atoms with van der Waals surface area (Å²) in [6, 6.07) is 7.80. The van der Waals surface area contributed by atoms with Gasteiger partial charge >= 0.3 is 0 Å². The van der Waals surface area contributed by atoms with E-state index in [1.807, 2.05) is 31.2 Å². The molecule has 1 aliphatic heterocycles. The van der Waals surface area contributed by atoms with Crippen molar-refractivity contribution in [2.24, 2.45) is 5.92 Å². The average Bonchev–Trinajstić information content (AvgIpc) is 3.20. The summed E-state index contributed by atoms with van der Waals surface area (Å²) in [4.78, 5) is 0. The molecule has 1 atom stereocenters. The lowest BCUT2D eigenvalue weighted by atomic mass is 10.2. The molecule has 0 spiro atoms. The molecular formula is C17H23NO3S. The lowest BCUT2D eigenvalue weighted by Crippen LogP contribution is -2.28. The van der Waals surface area contributed by atoms with Gasteiger partial charge in [0, 0.05) is 25.1 Å². The maximum atomic E-state index is 12.4. The minimum atomic E-state index is -3.35. The van der Waals surface area contributed by atoms with Crippen molar-refractivity contribution in [3.8, 4) is 0 Å². The predicted octanol–water partition coefficient (Wildman–Crippen LogP) is 2.80. The molecule has 120 valence electrons. The fraction of sp³-hybridized carbons (Fsp3) is 0.529. The van der Waals surface area contributed by atoms with Crippen molar-refractivity contribution in [1.29, 1.82) is 0 Å². The van der Waals surface area contributed by atoms with Gasteiger partial charge in [-0.3, -0.25) is 0 Å². The normalized spacial score (nSPS) is 23.4. The van der Waals surface area contributed by atoms with E-state index < -0.39 is 10.0 Å². The number of aryl methyl sites for hydroxylation is 1. The van der Waals surface area contributed by atoms with Crippen molar-refractivity contribution >= 4 is 16.1 Å². The molecule has 2 fully saturated rings. The highest BCUT2D eigenvalue weighted by Crippen LogP contribution is 2.30. The zero-order valence-corrected chi connectivity index (χ0v) is 13.8. The van der Waals surface area contributed by atoms with Gasteiger partial charge in [0.2, 0.25) is 10.0 Å². The van der Waals surface area contributed by atoms with Crippen LogP contribution in [0.2, 0.25) is 0 Å². The molecule has 0 amide bonds. The van der Waals surface area contributed by atoms with E-state index in [-0.39, 0.29) is 6.10 Å². The van der Waals surface area contributed by atoms with Crippen molar-refractivity contribution < 1.29 is 13.2 Å². The SMILES string of the molecule is Cc1ccc(/C=C/S(=O)(=O)N2CCC(OCC3CC3)C2)cc1. The molecule has 3 rings (SSSR count). The fourth-order valence-electron chi connectivity index (χ4n) is 2.55. The number of hydrogen-bond acceptors (Lipinski definition) is 3. The van der Waals surface area contributed by atoms with Crippen molar-refractivity contribution in [2.45, 2.75) is 32.3 Å². The molecule has 1 aromatic carbocycles. The van der Waals surface area contributed by atoms with Gasteiger partial charge in [-0.15, -0.1) is 0 Å². The Morgan fingerprint density at radius 2 is 1.95 bits per heavy atom. The van der Waals surface area contributed by atoms with Crippen molar-refractivity contribution in [2.75, 3.05) is 19.7 Å². The van der Waals surface area contributed by atoms with Crippen LogP contribution in [0.15, 0.2) is 29.7 Å². The van der Waals surface area contributed by atoms with Crippen LogP contribution in [0, 0.1) is 12.8 Å². The fourth-order valence-corrected chi connectivity index (χ4v) is 3.78. The van der Waals surface area contributed by atoms with Gasteiger partial charge in [0.05, 0.1) is 6.10 Å². The van der Waals surface area contributed by atoms with Crippen molar-refractivity contribution in [3.63, 3.8) is 0 Å². The van der Waals surface area contributed by atoms with Crippen LogP contribution >= 0.6 is 0 Å². The number of sulfonamides is 1. The topological polar surface area (TPSA) is 46.6 Å². The maximum absolute atomic E-state index is 12.4. The predicted molar refractivity (Wildman–Crippen MR) is 87.8 cm³/mol. The van der Waals surface area contributed by atoms with Gasteiger partial charge in [-0.25, -0.2) is 8.42 Å². The quantitative estimate of drug-likeness (QED) is 0.809. The minimum Gasteiger partial charge on any atom is -0.377 e. The van der Waals surface area contributed by atoms with E-state index in [1.165, 1.54) is 22.6 Å². The van der Waals surface area contributed by atoms with E-state index >= 15 is 0 Å². The summed E-state index contributed by atoms with van der Waals surface area (Å²) in [6.45, 7) is 3.83. The molecule has 0 radical (unpaired) electrons. The van der Waals surface area contributed by atoms with E-state index in [4.69, 9.17) is 4.74 Å². The van der Waals surface area contributed by atoms with E-state index in [0.29, 0.717) is 19.0 Å². The molecule has 1 aromatic rings. The Morgan fingerprint density at radius 3 is 2.64 bits per heavy atom. The Kier molecular flexibility index (Phi) is 4.66. The summed E-state index contributed by atoms with van der Waals surface area (Å²) in [6.07, 6.45) is 5.03. The smallest absolute Gasteiger partial charge is 0.236 e. The van der Waals surface area contributed by atoms with Crippen molar-refractivity contribution in [1.82, 2.24) is 4.31 Å². The number of nitrogens with zero attached hydrogens (tertiary/aromatic N) is 1. The maximum Gasteiger partial charge on any atom is 0.236 e. The van der Waals surface area contributed by atoms with Gasteiger partial charge in [-0.1, -0.05) is 29.8 Å². The molecule has 0 aromatic heterocycles. The summed E-state index contributed by atoms with van der Waals surface area (Å²) in [7, 11) is -3.35. The van der Waals surface area contributed by atoms with E-state index in [9.17, 15) is 8.42 Å². The molecule has 1 saturated heterocycles. The second kappa shape index (κ2) is 6.52. The van der Waals surface area contributed by atoms with Gasteiger partial charge in [0.25, 0.3) is 0 Å². The molecule has 4 nitrogen and oxygen atoms in total. The van der Waals surface area contributed by atoms with Crippen LogP contribution in [0.5, 0.6) is 0 Å². The zero-order valence-electron chi connectivity index (χ0n) is 12.9. The molecule has 0 N–H and O–H groups in total. The number of benzene rings is 1. The van der Waals surface area contributed by atoms with Gasteiger partial charge in [0.15, 0.2) is 0 Å². The van der Waals surface area contributed by atoms with Crippen LogP contribution in [-0.2, 0) is 14.8 Å². The van der Waals surface area contributed by atoms with Gasteiger partial charge in [0.1, 0.15) is 0 Å². The zero-order chi connectivity index (χ0) is 15.6. The Hall–Kier alpha value is -1.17. The Labute approximate surface area is 132 Å². The summed E-state index contributed by atoms with van der Waals surface area (Å²) >= 11 is 0. The van der Waals surface area contributed by atoms with Crippen LogP contribution in [0.4, 0.5) is 0 Å². The highest BCUT2D eigenvalue weighted by atomic mass is 32.2. The van der Waals surface area contributed by atoms with Crippen LogP contribution in [0.3, 0.4) is 0 Å². The van der Waals surface area contributed by atoms with Crippen molar-refractivity contribution in [3.05, 3.63) is 40.8 Å². The third kappa shape index (κ3) is 4.18. The molecule has 1 heterocycles. The average molecular weight is 321 g/mol. The summed E-state index contributed by atoms with van der Waals surface area (Å²) in [5.41, 5.74) is 2.06. The molecule has 1 saturated carbocycles. The monoisotopic (exact) mass is 321 g/mol. The van der Waals surface area contributed by atoms with Crippen LogP contribution in [0.25, 0.3) is 6.08 Å². The molecule has 5 heteroatoms. The Balaban J connectivity index is 1.56. The first-order valence-corrected chi connectivity index (χ1v) is 9.40. The highest BCUT2D eigenvalue weighted by Gasteiger charge is 2.32.